The van der Waals surface area contributed by atoms with Gasteiger partial charge < -0.3 is 24.8 Å². The highest BCUT2D eigenvalue weighted by Gasteiger charge is 2.39. The maximum atomic E-state index is 12.3. The minimum Gasteiger partial charge on any atom is -0.497 e. The fourth-order valence-electron chi connectivity index (χ4n) is 2.67. The molecule has 24 heavy (non-hydrogen) atoms. The molecule has 0 bridgehead atoms. The fourth-order valence-corrected chi connectivity index (χ4v) is 2.67. The van der Waals surface area contributed by atoms with Gasteiger partial charge in [0.2, 0.25) is 0 Å². The Morgan fingerprint density at radius 2 is 1.96 bits per heavy atom. The van der Waals surface area contributed by atoms with E-state index in [1.807, 2.05) is 24.3 Å². The number of rotatable bonds is 8. The van der Waals surface area contributed by atoms with Gasteiger partial charge in [-0.15, -0.1) is 12.4 Å². The van der Waals surface area contributed by atoms with Gasteiger partial charge in [-0.25, -0.2) is 0 Å². The van der Waals surface area contributed by atoms with Crippen molar-refractivity contribution in [2.75, 3.05) is 40.5 Å². The van der Waals surface area contributed by atoms with Crippen molar-refractivity contribution in [3.8, 4) is 11.5 Å². The van der Waals surface area contributed by atoms with Crippen molar-refractivity contribution in [2.45, 2.75) is 24.9 Å². The standard InChI is InChI=1S/C17H26N2O4.ClH/c1-21-14-5-3-6-15(13-14)23-12-4-9-19-16(20)17(22-2)7-10-18-11-8-17;/h3,5-6,13,18H,4,7-12H2,1-2H3,(H,19,20);1H. The lowest BCUT2D eigenvalue weighted by atomic mass is 9.91. The molecule has 0 unspecified atom stereocenters. The number of carbonyl (C=O) groups excluding carboxylic acids is 1. The van der Waals surface area contributed by atoms with Crippen LogP contribution in [0.3, 0.4) is 0 Å². The summed E-state index contributed by atoms with van der Waals surface area (Å²) in [5, 5.41) is 6.20. The minimum absolute atomic E-state index is 0. The Kier molecular flexibility index (Phi) is 8.89. The molecule has 0 spiro atoms. The third kappa shape index (κ3) is 5.54. The summed E-state index contributed by atoms with van der Waals surface area (Å²) in [5.41, 5.74) is -0.682. The lowest BCUT2D eigenvalue weighted by Gasteiger charge is -2.34. The van der Waals surface area contributed by atoms with E-state index in [4.69, 9.17) is 14.2 Å². The Morgan fingerprint density at radius 3 is 2.62 bits per heavy atom. The summed E-state index contributed by atoms with van der Waals surface area (Å²) in [6.45, 7) is 2.72. The first-order valence-corrected chi connectivity index (χ1v) is 8.01. The van der Waals surface area contributed by atoms with Crippen LogP contribution in [0, 0.1) is 0 Å². The molecule has 6 nitrogen and oxygen atoms in total. The van der Waals surface area contributed by atoms with E-state index in [1.165, 1.54) is 0 Å². The van der Waals surface area contributed by atoms with Gasteiger partial charge in [0.25, 0.3) is 5.91 Å². The number of benzene rings is 1. The van der Waals surface area contributed by atoms with E-state index in [0.717, 1.165) is 31.0 Å². The van der Waals surface area contributed by atoms with Gasteiger partial charge in [-0.1, -0.05) is 6.07 Å². The number of piperidine rings is 1. The van der Waals surface area contributed by atoms with Crippen molar-refractivity contribution in [3.63, 3.8) is 0 Å². The second-order valence-electron chi connectivity index (χ2n) is 5.59. The average molecular weight is 359 g/mol. The van der Waals surface area contributed by atoms with Gasteiger partial charge in [-0.05, 0) is 44.5 Å². The van der Waals surface area contributed by atoms with Gasteiger partial charge >= 0.3 is 0 Å². The zero-order chi connectivity index (χ0) is 16.5. The second kappa shape index (κ2) is 10.4. The first-order valence-electron chi connectivity index (χ1n) is 8.01. The molecule has 1 amide bonds. The van der Waals surface area contributed by atoms with Gasteiger partial charge in [0.05, 0.1) is 13.7 Å². The van der Waals surface area contributed by atoms with Crippen molar-refractivity contribution in [3.05, 3.63) is 24.3 Å². The highest BCUT2D eigenvalue weighted by atomic mass is 35.5. The Bertz CT molecular complexity index is 507. The van der Waals surface area contributed by atoms with Crippen LogP contribution in [-0.2, 0) is 9.53 Å². The first-order chi connectivity index (χ1) is 11.2. The lowest BCUT2D eigenvalue weighted by Crippen LogP contribution is -2.54. The zero-order valence-corrected chi connectivity index (χ0v) is 15.1. The summed E-state index contributed by atoms with van der Waals surface area (Å²) in [7, 11) is 3.23. The maximum Gasteiger partial charge on any atom is 0.252 e. The van der Waals surface area contributed by atoms with Gasteiger partial charge in [-0.2, -0.15) is 0 Å². The van der Waals surface area contributed by atoms with E-state index in [2.05, 4.69) is 10.6 Å². The summed E-state index contributed by atoms with van der Waals surface area (Å²) in [4.78, 5) is 12.3. The second-order valence-corrected chi connectivity index (χ2v) is 5.59. The van der Waals surface area contributed by atoms with Crippen LogP contribution in [0.2, 0.25) is 0 Å². The molecule has 2 rings (SSSR count). The Morgan fingerprint density at radius 1 is 1.25 bits per heavy atom. The van der Waals surface area contributed by atoms with Crippen molar-refractivity contribution in [1.82, 2.24) is 10.6 Å². The zero-order valence-electron chi connectivity index (χ0n) is 14.3. The lowest BCUT2D eigenvalue weighted by molar-refractivity contribution is -0.146. The number of hydrogen-bond acceptors (Lipinski definition) is 5. The van der Waals surface area contributed by atoms with Crippen molar-refractivity contribution < 1.29 is 19.0 Å². The summed E-state index contributed by atoms with van der Waals surface area (Å²) >= 11 is 0. The van der Waals surface area contributed by atoms with Crippen LogP contribution in [0.5, 0.6) is 11.5 Å². The third-order valence-electron chi connectivity index (χ3n) is 4.13. The van der Waals surface area contributed by atoms with Crippen LogP contribution in [0.1, 0.15) is 19.3 Å². The number of hydrogen-bond donors (Lipinski definition) is 2. The summed E-state index contributed by atoms with van der Waals surface area (Å²) in [6.07, 6.45) is 2.15. The molecule has 0 aromatic heterocycles. The SMILES string of the molecule is COc1cccc(OCCCNC(=O)C2(OC)CCNCC2)c1.Cl. The molecule has 0 atom stereocenters. The van der Waals surface area contributed by atoms with E-state index in [0.29, 0.717) is 26.0 Å². The molecule has 1 aromatic rings. The van der Waals surface area contributed by atoms with Crippen LogP contribution in [-0.4, -0.2) is 52.0 Å². The molecule has 1 aliphatic rings. The predicted octanol–water partition coefficient (Wildman–Crippen LogP) is 1.77. The average Bonchev–Trinajstić information content (AvgIpc) is 2.62. The molecule has 0 radical (unpaired) electrons. The van der Waals surface area contributed by atoms with Gasteiger partial charge in [0.15, 0.2) is 0 Å². The maximum absolute atomic E-state index is 12.3. The van der Waals surface area contributed by atoms with E-state index in [1.54, 1.807) is 14.2 Å². The van der Waals surface area contributed by atoms with Crippen LogP contribution in [0.15, 0.2) is 24.3 Å². The van der Waals surface area contributed by atoms with E-state index >= 15 is 0 Å². The van der Waals surface area contributed by atoms with Gasteiger partial charge in [-0.3, -0.25) is 4.79 Å². The smallest absolute Gasteiger partial charge is 0.252 e. The number of carbonyl (C=O) groups is 1. The Balaban J connectivity index is 0.00000288. The number of ether oxygens (including phenoxy) is 3. The van der Waals surface area contributed by atoms with Crippen LogP contribution in [0.25, 0.3) is 0 Å². The Labute approximate surface area is 149 Å². The van der Waals surface area contributed by atoms with E-state index in [9.17, 15) is 4.79 Å². The molecule has 1 aromatic carbocycles. The molecule has 1 saturated heterocycles. The molecule has 1 heterocycles. The molecular formula is C17H27ClN2O4. The molecule has 0 aliphatic carbocycles. The molecule has 0 saturated carbocycles. The number of halogens is 1. The number of amides is 1. The molecule has 2 N–H and O–H groups in total. The molecule has 1 aliphatic heterocycles. The highest BCUT2D eigenvalue weighted by Crippen LogP contribution is 2.22. The summed E-state index contributed by atoms with van der Waals surface area (Å²) in [5.74, 6) is 1.51. The third-order valence-corrected chi connectivity index (χ3v) is 4.13. The van der Waals surface area contributed by atoms with E-state index in [-0.39, 0.29) is 18.3 Å². The van der Waals surface area contributed by atoms with Crippen molar-refractivity contribution >= 4 is 18.3 Å². The van der Waals surface area contributed by atoms with E-state index < -0.39 is 5.60 Å². The molecule has 136 valence electrons. The van der Waals surface area contributed by atoms with Crippen LogP contribution >= 0.6 is 12.4 Å². The number of methoxy groups -OCH3 is 2. The van der Waals surface area contributed by atoms with Crippen molar-refractivity contribution in [1.29, 1.82) is 0 Å². The highest BCUT2D eigenvalue weighted by molar-refractivity contribution is 5.85. The predicted molar refractivity (Wildman–Crippen MR) is 95.2 cm³/mol. The van der Waals surface area contributed by atoms with Crippen LogP contribution < -0.4 is 20.1 Å². The normalized spacial score (nSPS) is 15.9. The topological polar surface area (TPSA) is 68.8 Å². The monoisotopic (exact) mass is 358 g/mol. The fraction of sp³-hybridized carbons (Fsp3) is 0.588. The Hall–Kier alpha value is -1.50. The molecular weight excluding hydrogens is 332 g/mol. The van der Waals surface area contributed by atoms with Gasteiger partial charge in [0.1, 0.15) is 17.1 Å². The quantitative estimate of drug-likeness (QED) is 0.693. The van der Waals surface area contributed by atoms with Crippen molar-refractivity contribution in [2.24, 2.45) is 0 Å². The molecule has 1 fully saturated rings. The van der Waals surface area contributed by atoms with Crippen LogP contribution in [0.4, 0.5) is 0 Å². The first kappa shape index (κ1) is 20.5. The number of nitrogens with one attached hydrogen (secondary N) is 2. The summed E-state index contributed by atoms with van der Waals surface area (Å²) < 4.78 is 16.3. The minimum atomic E-state index is -0.682. The largest absolute Gasteiger partial charge is 0.497 e. The molecule has 7 heteroatoms. The van der Waals surface area contributed by atoms with Gasteiger partial charge in [0, 0.05) is 19.7 Å². The summed E-state index contributed by atoms with van der Waals surface area (Å²) in [6, 6.07) is 7.48.